The summed E-state index contributed by atoms with van der Waals surface area (Å²) in [6.45, 7) is 5.45. The van der Waals surface area contributed by atoms with Crippen LogP contribution in [0.3, 0.4) is 0 Å². The summed E-state index contributed by atoms with van der Waals surface area (Å²) in [4.78, 5) is 21.2. The first kappa shape index (κ1) is 24.6. The predicted octanol–water partition coefficient (Wildman–Crippen LogP) is 7.37. The molecule has 0 N–H and O–H groups in total. The fraction of sp³-hybridized carbons (Fsp3) is 0.393. The summed E-state index contributed by atoms with van der Waals surface area (Å²) in [5.74, 6) is 0.146. The van der Waals surface area contributed by atoms with Gasteiger partial charge in [-0.3, -0.25) is 0 Å². The van der Waals surface area contributed by atoms with Crippen molar-refractivity contribution in [3.63, 3.8) is 0 Å². The van der Waals surface area contributed by atoms with E-state index >= 15 is 0 Å². The minimum absolute atomic E-state index is 0.158. The number of benzene rings is 2. The Morgan fingerprint density at radius 1 is 0.848 bits per heavy atom. The van der Waals surface area contributed by atoms with Crippen molar-refractivity contribution in [2.75, 3.05) is 0 Å². The molecule has 3 rings (SSSR count). The van der Waals surface area contributed by atoms with Crippen LogP contribution in [-0.2, 0) is 11.2 Å². The molecule has 3 aromatic rings. The molecule has 174 valence electrons. The third-order valence-corrected chi connectivity index (χ3v) is 5.76. The normalized spacial score (nSPS) is 12.8. The highest BCUT2D eigenvalue weighted by molar-refractivity contribution is 5.81. The first-order valence-electron chi connectivity index (χ1n) is 11.9. The molecule has 4 nitrogen and oxygen atoms in total. The quantitative estimate of drug-likeness (QED) is 0.175. The summed E-state index contributed by atoms with van der Waals surface area (Å²) in [6.07, 6.45) is 9.97. The summed E-state index contributed by atoms with van der Waals surface area (Å²) < 4.78 is 19.7. The van der Waals surface area contributed by atoms with Crippen molar-refractivity contribution in [3.05, 3.63) is 66.5 Å². The van der Waals surface area contributed by atoms with Crippen LogP contribution >= 0.6 is 0 Å². The number of hydrogen-bond donors (Lipinski definition) is 0. The second kappa shape index (κ2) is 11.7. The number of ether oxygens (including phenoxy) is 1. The Kier molecular flexibility index (Phi) is 8.70. The van der Waals surface area contributed by atoms with Crippen molar-refractivity contribution >= 4 is 5.97 Å². The number of aryl methyl sites for hydroxylation is 1. The van der Waals surface area contributed by atoms with Gasteiger partial charge in [0.25, 0.3) is 0 Å². The van der Waals surface area contributed by atoms with Gasteiger partial charge in [-0.25, -0.2) is 19.2 Å². The van der Waals surface area contributed by atoms with Crippen LogP contribution in [0.25, 0.3) is 22.5 Å². The second-order valence-corrected chi connectivity index (χ2v) is 8.66. The maximum atomic E-state index is 14.5. The Morgan fingerprint density at radius 2 is 1.45 bits per heavy atom. The molecule has 0 spiro atoms. The zero-order chi connectivity index (χ0) is 23.7. The number of hydrogen-bond acceptors (Lipinski definition) is 4. The predicted molar refractivity (Wildman–Crippen MR) is 131 cm³/mol. The van der Waals surface area contributed by atoms with Gasteiger partial charge in [0.1, 0.15) is 5.75 Å². The molecule has 1 atom stereocenters. The Bertz CT molecular complexity index is 1010. The monoisotopic (exact) mass is 448 g/mol. The van der Waals surface area contributed by atoms with Crippen LogP contribution < -0.4 is 4.74 Å². The molecule has 0 saturated carbocycles. The van der Waals surface area contributed by atoms with Crippen molar-refractivity contribution < 1.29 is 13.9 Å². The Labute approximate surface area is 196 Å². The van der Waals surface area contributed by atoms with Gasteiger partial charge in [0.15, 0.2) is 5.82 Å². The third-order valence-electron chi connectivity index (χ3n) is 5.76. The van der Waals surface area contributed by atoms with E-state index in [-0.39, 0.29) is 6.42 Å². The van der Waals surface area contributed by atoms with Gasteiger partial charge in [0.05, 0.1) is 0 Å². The zero-order valence-electron chi connectivity index (χ0n) is 19.8. The third kappa shape index (κ3) is 6.95. The summed E-state index contributed by atoms with van der Waals surface area (Å²) in [7, 11) is 0. The maximum absolute atomic E-state index is 14.5. The van der Waals surface area contributed by atoms with Gasteiger partial charge in [-0.1, -0.05) is 69.5 Å². The molecule has 1 heterocycles. The molecule has 1 aromatic heterocycles. The van der Waals surface area contributed by atoms with Crippen LogP contribution in [0.1, 0.15) is 64.9 Å². The van der Waals surface area contributed by atoms with Crippen molar-refractivity contribution in [1.29, 1.82) is 0 Å². The van der Waals surface area contributed by atoms with Crippen LogP contribution in [0, 0.1) is 0 Å². The van der Waals surface area contributed by atoms with E-state index < -0.39 is 11.6 Å². The average Bonchev–Trinajstić information content (AvgIpc) is 2.84. The van der Waals surface area contributed by atoms with E-state index in [1.54, 1.807) is 24.5 Å². The summed E-state index contributed by atoms with van der Waals surface area (Å²) in [6, 6.07) is 15.4. The number of halogens is 1. The number of nitrogens with zero attached hydrogens (tertiary/aromatic N) is 2. The Morgan fingerprint density at radius 3 is 2.06 bits per heavy atom. The molecule has 0 bridgehead atoms. The molecule has 1 unspecified atom stereocenters. The van der Waals surface area contributed by atoms with Crippen molar-refractivity contribution in [2.24, 2.45) is 0 Å². The lowest BCUT2D eigenvalue weighted by molar-refractivity contribution is -0.147. The number of aromatic nitrogens is 2. The number of esters is 1. The van der Waals surface area contributed by atoms with Gasteiger partial charge in [-0.2, -0.15) is 0 Å². The van der Waals surface area contributed by atoms with Gasteiger partial charge in [-0.05, 0) is 55.9 Å². The van der Waals surface area contributed by atoms with Gasteiger partial charge in [0.2, 0.25) is 5.67 Å². The molecular weight excluding hydrogens is 415 g/mol. The highest BCUT2D eigenvalue weighted by atomic mass is 19.1. The topological polar surface area (TPSA) is 52.1 Å². The van der Waals surface area contributed by atoms with Crippen LogP contribution in [0.15, 0.2) is 60.9 Å². The number of alkyl halides is 1. The largest absolute Gasteiger partial charge is 0.424 e. The van der Waals surface area contributed by atoms with E-state index in [1.807, 2.05) is 19.1 Å². The van der Waals surface area contributed by atoms with Gasteiger partial charge < -0.3 is 4.74 Å². The summed E-state index contributed by atoms with van der Waals surface area (Å²) in [5.41, 5.74) is 2.09. The highest BCUT2D eigenvalue weighted by Crippen LogP contribution is 2.26. The molecular formula is C28H33FN2O2. The van der Waals surface area contributed by atoms with Gasteiger partial charge >= 0.3 is 5.97 Å². The Balaban J connectivity index is 1.62. The fourth-order valence-electron chi connectivity index (χ4n) is 3.57. The standard InChI is InChI=1S/C28H33FN2O2/c1-4-6-8-9-21-10-12-23(13-11-21)26-30-19-24(20-31-26)22-14-16-25(17-15-22)33-27(32)28(3,29)18-7-5-2/h10-17,19-20H,4-9,18H2,1-3H3. The van der Waals surface area contributed by atoms with Gasteiger partial charge in [-0.15, -0.1) is 0 Å². The average molecular weight is 449 g/mol. The molecule has 2 aromatic carbocycles. The van der Waals surface area contributed by atoms with E-state index in [9.17, 15) is 9.18 Å². The van der Waals surface area contributed by atoms with E-state index in [4.69, 9.17) is 4.74 Å². The van der Waals surface area contributed by atoms with E-state index in [0.29, 0.717) is 18.0 Å². The second-order valence-electron chi connectivity index (χ2n) is 8.66. The minimum atomic E-state index is -1.98. The minimum Gasteiger partial charge on any atom is -0.424 e. The maximum Gasteiger partial charge on any atom is 0.348 e. The lowest BCUT2D eigenvalue weighted by Crippen LogP contribution is -2.34. The molecule has 0 fully saturated rings. The van der Waals surface area contributed by atoms with E-state index in [2.05, 4.69) is 41.2 Å². The molecule has 0 amide bonds. The highest BCUT2D eigenvalue weighted by Gasteiger charge is 2.34. The number of unbranched alkanes of at least 4 members (excludes halogenated alkanes) is 3. The molecule has 0 aliphatic heterocycles. The van der Waals surface area contributed by atoms with Crippen LogP contribution in [0.5, 0.6) is 5.75 Å². The van der Waals surface area contributed by atoms with Gasteiger partial charge in [0, 0.05) is 23.5 Å². The van der Waals surface area contributed by atoms with Crippen LogP contribution in [0.4, 0.5) is 4.39 Å². The smallest absolute Gasteiger partial charge is 0.348 e. The van der Waals surface area contributed by atoms with Crippen LogP contribution in [-0.4, -0.2) is 21.6 Å². The first-order chi connectivity index (χ1) is 15.9. The summed E-state index contributed by atoms with van der Waals surface area (Å²) >= 11 is 0. The molecule has 5 heteroatoms. The number of rotatable bonds is 11. The molecule has 0 radical (unpaired) electrons. The fourth-order valence-corrected chi connectivity index (χ4v) is 3.57. The summed E-state index contributed by atoms with van der Waals surface area (Å²) in [5, 5.41) is 0. The SMILES string of the molecule is CCCCCc1ccc(-c2ncc(-c3ccc(OC(=O)C(C)(F)CCCC)cc3)cn2)cc1. The van der Waals surface area contributed by atoms with Crippen molar-refractivity contribution in [2.45, 2.75) is 71.4 Å². The van der Waals surface area contributed by atoms with E-state index in [0.717, 1.165) is 29.5 Å². The number of carbonyl (C=O) groups is 1. The molecule has 33 heavy (non-hydrogen) atoms. The van der Waals surface area contributed by atoms with Crippen molar-refractivity contribution in [1.82, 2.24) is 9.97 Å². The number of carbonyl (C=O) groups excluding carboxylic acids is 1. The van der Waals surface area contributed by atoms with Crippen LogP contribution in [0.2, 0.25) is 0 Å². The van der Waals surface area contributed by atoms with Crippen molar-refractivity contribution in [3.8, 4) is 28.3 Å². The molecule has 0 saturated heterocycles. The lowest BCUT2D eigenvalue weighted by Gasteiger charge is -2.18. The first-order valence-corrected chi connectivity index (χ1v) is 11.9. The molecule has 0 aliphatic rings. The Hall–Kier alpha value is -3.08. The zero-order valence-corrected chi connectivity index (χ0v) is 19.8. The molecule has 0 aliphatic carbocycles. The lowest BCUT2D eigenvalue weighted by atomic mass is 10.0. The van der Waals surface area contributed by atoms with E-state index in [1.165, 1.54) is 31.7 Å².